The summed E-state index contributed by atoms with van der Waals surface area (Å²) < 4.78 is 2.14. The van der Waals surface area contributed by atoms with E-state index in [0.29, 0.717) is 12.0 Å². The second-order valence-electron chi connectivity index (χ2n) is 6.37. The van der Waals surface area contributed by atoms with Crippen molar-refractivity contribution in [1.82, 2.24) is 19.7 Å². The normalized spacial score (nSPS) is 19.2. The Kier molecular flexibility index (Phi) is 4.50. The van der Waals surface area contributed by atoms with Crippen molar-refractivity contribution < 1.29 is 0 Å². The summed E-state index contributed by atoms with van der Waals surface area (Å²) in [5.41, 5.74) is 1.34. The zero-order valence-electron chi connectivity index (χ0n) is 13.5. The molecule has 22 heavy (non-hydrogen) atoms. The molecule has 1 aliphatic heterocycles. The summed E-state index contributed by atoms with van der Waals surface area (Å²) in [6.45, 7) is 6.26. The van der Waals surface area contributed by atoms with Crippen molar-refractivity contribution in [3.8, 4) is 0 Å². The number of rotatable bonds is 4. The lowest BCUT2D eigenvalue weighted by Crippen LogP contribution is -2.24. The van der Waals surface area contributed by atoms with Gasteiger partial charge in [0.2, 0.25) is 0 Å². The lowest BCUT2D eigenvalue weighted by atomic mass is 10.0. The van der Waals surface area contributed by atoms with Gasteiger partial charge in [-0.15, -0.1) is 10.2 Å². The smallest absolute Gasteiger partial charge is 0.146 e. The highest BCUT2D eigenvalue weighted by Gasteiger charge is 2.27. The maximum Gasteiger partial charge on any atom is 0.146 e. The topological polar surface area (TPSA) is 34.0 Å². The lowest BCUT2D eigenvalue weighted by molar-refractivity contribution is 0.239. The van der Waals surface area contributed by atoms with Gasteiger partial charge in [-0.2, -0.15) is 0 Å². The van der Waals surface area contributed by atoms with Crippen molar-refractivity contribution >= 4 is 11.6 Å². The highest BCUT2D eigenvalue weighted by molar-refractivity contribution is 6.30. The molecular formula is C17H23ClN4. The average molecular weight is 319 g/mol. The van der Waals surface area contributed by atoms with Gasteiger partial charge in [0.05, 0.1) is 6.54 Å². The van der Waals surface area contributed by atoms with E-state index in [0.717, 1.165) is 29.8 Å². The van der Waals surface area contributed by atoms with Gasteiger partial charge < -0.3 is 4.57 Å². The summed E-state index contributed by atoms with van der Waals surface area (Å²) in [5, 5.41) is 9.52. The van der Waals surface area contributed by atoms with Gasteiger partial charge in [-0.3, -0.25) is 4.90 Å². The van der Waals surface area contributed by atoms with Crippen LogP contribution in [-0.4, -0.2) is 26.2 Å². The summed E-state index contributed by atoms with van der Waals surface area (Å²) in [6.07, 6.45) is 2.42. The maximum absolute atomic E-state index is 6.00. The van der Waals surface area contributed by atoms with Crippen molar-refractivity contribution in [2.75, 3.05) is 6.54 Å². The van der Waals surface area contributed by atoms with Gasteiger partial charge >= 0.3 is 0 Å². The Hall–Kier alpha value is -1.39. The third-order valence-electron chi connectivity index (χ3n) is 4.48. The Bertz CT molecular complexity index is 633. The molecule has 0 aliphatic carbocycles. The molecule has 0 bridgehead atoms. The first kappa shape index (κ1) is 15.5. The van der Waals surface area contributed by atoms with Crippen LogP contribution in [0.2, 0.25) is 5.02 Å². The van der Waals surface area contributed by atoms with Gasteiger partial charge in [0.15, 0.2) is 0 Å². The molecule has 2 aromatic rings. The molecule has 1 atom stereocenters. The summed E-state index contributed by atoms with van der Waals surface area (Å²) in [5.74, 6) is 2.50. The molecule has 0 saturated carbocycles. The first-order valence-electron chi connectivity index (χ1n) is 7.94. The molecule has 1 fully saturated rings. The fraction of sp³-hybridized carbons (Fsp3) is 0.529. The summed E-state index contributed by atoms with van der Waals surface area (Å²) in [6, 6.07) is 8.69. The first-order valence-corrected chi connectivity index (χ1v) is 8.31. The fourth-order valence-corrected chi connectivity index (χ4v) is 3.40. The van der Waals surface area contributed by atoms with Crippen LogP contribution < -0.4 is 0 Å². The van der Waals surface area contributed by atoms with E-state index in [1.54, 1.807) is 0 Å². The summed E-state index contributed by atoms with van der Waals surface area (Å²) >= 11 is 6.00. The SMILES string of the molecule is CC(C)c1nnc(CN2CCCC2c2ccc(Cl)cc2)n1C. The number of nitrogens with zero attached hydrogens (tertiary/aromatic N) is 4. The maximum atomic E-state index is 6.00. The number of benzene rings is 1. The van der Waals surface area contributed by atoms with E-state index in [9.17, 15) is 0 Å². The molecule has 0 radical (unpaired) electrons. The quantitative estimate of drug-likeness (QED) is 0.856. The van der Waals surface area contributed by atoms with Gasteiger partial charge in [-0.1, -0.05) is 37.6 Å². The summed E-state index contributed by atoms with van der Waals surface area (Å²) in [7, 11) is 2.07. The van der Waals surface area contributed by atoms with E-state index < -0.39 is 0 Å². The predicted octanol–water partition coefficient (Wildman–Crippen LogP) is 3.93. The average Bonchev–Trinajstić information content (AvgIpc) is 3.08. The second kappa shape index (κ2) is 6.39. The van der Waals surface area contributed by atoms with Gasteiger partial charge in [-0.25, -0.2) is 0 Å². The molecule has 1 aliphatic rings. The first-order chi connectivity index (χ1) is 10.6. The number of hydrogen-bond acceptors (Lipinski definition) is 3. The Morgan fingerprint density at radius 1 is 1.23 bits per heavy atom. The van der Waals surface area contributed by atoms with Crippen molar-refractivity contribution in [2.45, 2.75) is 45.2 Å². The third kappa shape index (κ3) is 3.03. The monoisotopic (exact) mass is 318 g/mol. The van der Waals surface area contributed by atoms with Crippen molar-refractivity contribution in [3.05, 3.63) is 46.5 Å². The van der Waals surface area contributed by atoms with Crippen molar-refractivity contribution in [1.29, 1.82) is 0 Å². The number of hydrogen-bond donors (Lipinski definition) is 0. The molecule has 4 nitrogen and oxygen atoms in total. The van der Waals surface area contributed by atoms with Crippen LogP contribution in [0.25, 0.3) is 0 Å². The number of aromatic nitrogens is 3. The fourth-order valence-electron chi connectivity index (χ4n) is 3.28. The largest absolute Gasteiger partial charge is 0.317 e. The van der Waals surface area contributed by atoms with E-state index in [1.807, 2.05) is 12.1 Å². The van der Waals surface area contributed by atoms with Gasteiger partial charge in [0.25, 0.3) is 0 Å². The predicted molar refractivity (Wildman–Crippen MR) is 88.9 cm³/mol. The molecule has 1 unspecified atom stereocenters. The second-order valence-corrected chi connectivity index (χ2v) is 6.80. The highest BCUT2D eigenvalue weighted by atomic mass is 35.5. The Morgan fingerprint density at radius 3 is 2.59 bits per heavy atom. The molecule has 1 aromatic heterocycles. The van der Waals surface area contributed by atoms with Gasteiger partial charge in [0.1, 0.15) is 11.6 Å². The zero-order valence-corrected chi connectivity index (χ0v) is 14.2. The highest BCUT2D eigenvalue weighted by Crippen LogP contribution is 2.33. The van der Waals surface area contributed by atoms with Crippen LogP contribution in [0.4, 0.5) is 0 Å². The zero-order chi connectivity index (χ0) is 15.7. The number of likely N-dealkylation sites (tertiary alicyclic amines) is 1. The van der Waals surface area contributed by atoms with Gasteiger partial charge in [-0.05, 0) is 37.1 Å². The Balaban J connectivity index is 1.78. The molecule has 0 amide bonds. The minimum Gasteiger partial charge on any atom is -0.317 e. The Morgan fingerprint density at radius 2 is 1.95 bits per heavy atom. The van der Waals surface area contributed by atoms with Crippen LogP contribution in [0.15, 0.2) is 24.3 Å². The van der Waals surface area contributed by atoms with Crippen molar-refractivity contribution in [2.24, 2.45) is 7.05 Å². The molecule has 2 heterocycles. The van der Waals surface area contributed by atoms with E-state index in [1.165, 1.54) is 18.4 Å². The molecule has 0 spiro atoms. The molecular weight excluding hydrogens is 296 g/mol. The summed E-state index contributed by atoms with van der Waals surface area (Å²) in [4.78, 5) is 2.50. The van der Waals surface area contributed by atoms with E-state index in [2.05, 4.69) is 52.7 Å². The van der Waals surface area contributed by atoms with Crippen LogP contribution in [0.1, 0.15) is 55.9 Å². The molecule has 118 valence electrons. The minimum atomic E-state index is 0.400. The van der Waals surface area contributed by atoms with E-state index in [4.69, 9.17) is 11.6 Å². The third-order valence-corrected chi connectivity index (χ3v) is 4.73. The van der Waals surface area contributed by atoms with Crippen LogP contribution >= 0.6 is 11.6 Å². The van der Waals surface area contributed by atoms with Gasteiger partial charge in [0, 0.05) is 24.0 Å². The van der Waals surface area contributed by atoms with Crippen LogP contribution in [0, 0.1) is 0 Å². The molecule has 5 heteroatoms. The standard InChI is InChI=1S/C17H23ClN4/c1-12(2)17-20-19-16(21(17)3)11-22-10-4-5-15(22)13-6-8-14(18)9-7-13/h6-9,12,15H,4-5,10-11H2,1-3H3. The lowest BCUT2D eigenvalue weighted by Gasteiger charge is -2.24. The van der Waals surface area contributed by atoms with Crippen LogP contribution in [0.5, 0.6) is 0 Å². The molecule has 3 rings (SSSR count). The minimum absolute atomic E-state index is 0.400. The van der Waals surface area contributed by atoms with Crippen molar-refractivity contribution in [3.63, 3.8) is 0 Å². The molecule has 0 N–H and O–H groups in total. The molecule has 1 aromatic carbocycles. The van der Waals surface area contributed by atoms with Crippen LogP contribution in [-0.2, 0) is 13.6 Å². The Labute approximate surface area is 137 Å². The van der Waals surface area contributed by atoms with Crippen LogP contribution in [0.3, 0.4) is 0 Å². The number of halogens is 1. The van der Waals surface area contributed by atoms with E-state index >= 15 is 0 Å². The van der Waals surface area contributed by atoms with E-state index in [-0.39, 0.29) is 0 Å². The molecule has 1 saturated heterocycles.